The Kier molecular flexibility index (Phi) is 4.42. The molecule has 2 nitrogen and oxygen atoms in total. The predicted molar refractivity (Wildman–Crippen MR) is 84.9 cm³/mol. The molecule has 20 heavy (non-hydrogen) atoms. The zero-order valence-corrected chi connectivity index (χ0v) is 12.9. The summed E-state index contributed by atoms with van der Waals surface area (Å²) in [7, 11) is 0. The molecule has 1 saturated heterocycles. The first-order valence-electron chi connectivity index (χ1n) is 8.27. The van der Waals surface area contributed by atoms with E-state index in [1.54, 1.807) is 0 Å². The lowest BCUT2D eigenvalue weighted by atomic mass is 10.00. The Hall–Kier alpha value is -0.860. The van der Waals surface area contributed by atoms with E-state index < -0.39 is 0 Å². The molecule has 1 heterocycles. The van der Waals surface area contributed by atoms with Gasteiger partial charge in [-0.2, -0.15) is 0 Å². The third kappa shape index (κ3) is 3.42. The van der Waals surface area contributed by atoms with Crippen LogP contribution in [0.5, 0.6) is 0 Å². The van der Waals surface area contributed by atoms with Crippen molar-refractivity contribution in [3.63, 3.8) is 0 Å². The molecule has 1 aromatic carbocycles. The third-order valence-electron chi connectivity index (χ3n) is 5.15. The second kappa shape index (κ2) is 6.28. The molecule has 2 fully saturated rings. The minimum Gasteiger partial charge on any atom is -0.311 e. The van der Waals surface area contributed by atoms with Crippen LogP contribution in [0.25, 0.3) is 0 Å². The summed E-state index contributed by atoms with van der Waals surface area (Å²) in [6.45, 7) is 8.43. The van der Waals surface area contributed by atoms with E-state index in [2.05, 4.69) is 54.4 Å². The second-order valence-corrected chi connectivity index (χ2v) is 6.78. The lowest BCUT2D eigenvalue weighted by molar-refractivity contribution is 0.119. The number of nitrogens with one attached hydrogen (secondary N) is 1. The Bertz CT molecular complexity index is 417. The highest BCUT2D eigenvalue weighted by molar-refractivity contribution is 5.16. The van der Waals surface area contributed by atoms with Crippen molar-refractivity contribution >= 4 is 0 Å². The summed E-state index contributed by atoms with van der Waals surface area (Å²) < 4.78 is 0. The van der Waals surface area contributed by atoms with Gasteiger partial charge in [0.25, 0.3) is 0 Å². The molecule has 1 aliphatic carbocycles. The van der Waals surface area contributed by atoms with Crippen molar-refractivity contribution in [3.05, 3.63) is 35.9 Å². The second-order valence-electron chi connectivity index (χ2n) is 6.78. The summed E-state index contributed by atoms with van der Waals surface area (Å²) in [5.41, 5.74) is 1.46. The number of nitrogens with zero attached hydrogens (tertiary/aromatic N) is 1. The van der Waals surface area contributed by atoms with Crippen LogP contribution in [0.4, 0.5) is 0 Å². The average Bonchev–Trinajstić information content (AvgIpc) is 3.16. The molecule has 1 N–H and O–H groups in total. The van der Waals surface area contributed by atoms with E-state index in [9.17, 15) is 0 Å². The molecule has 110 valence electrons. The van der Waals surface area contributed by atoms with Crippen molar-refractivity contribution in [2.75, 3.05) is 19.6 Å². The zero-order valence-electron chi connectivity index (χ0n) is 12.9. The van der Waals surface area contributed by atoms with Crippen LogP contribution in [0.1, 0.15) is 32.3 Å². The van der Waals surface area contributed by atoms with Crippen LogP contribution in [0.3, 0.4) is 0 Å². The van der Waals surface area contributed by atoms with Gasteiger partial charge in [0.2, 0.25) is 0 Å². The molecule has 2 aliphatic rings. The SMILES string of the molecule is CCC1CNC(Cc2ccccc2)CN1CC1CC1C. The molecule has 4 unspecified atom stereocenters. The normalized spacial score (nSPS) is 34.1. The first-order chi connectivity index (χ1) is 9.76. The Morgan fingerprint density at radius 1 is 1.25 bits per heavy atom. The van der Waals surface area contributed by atoms with Gasteiger partial charge in [-0.1, -0.05) is 44.2 Å². The lowest BCUT2D eigenvalue weighted by Gasteiger charge is -2.40. The first kappa shape index (κ1) is 14.1. The Morgan fingerprint density at radius 3 is 2.65 bits per heavy atom. The maximum atomic E-state index is 3.76. The van der Waals surface area contributed by atoms with Gasteiger partial charge in [-0.25, -0.2) is 0 Å². The van der Waals surface area contributed by atoms with E-state index in [0.717, 1.165) is 30.8 Å². The topological polar surface area (TPSA) is 15.3 Å². The Morgan fingerprint density at radius 2 is 2.00 bits per heavy atom. The molecule has 0 bridgehead atoms. The number of hydrogen-bond acceptors (Lipinski definition) is 2. The van der Waals surface area contributed by atoms with Crippen molar-refractivity contribution < 1.29 is 0 Å². The fourth-order valence-electron chi connectivity index (χ4n) is 3.54. The van der Waals surface area contributed by atoms with Crippen molar-refractivity contribution in [1.82, 2.24) is 10.2 Å². The smallest absolute Gasteiger partial charge is 0.0236 e. The molecule has 0 aromatic heterocycles. The monoisotopic (exact) mass is 272 g/mol. The van der Waals surface area contributed by atoms with Crippen LogP contribution in [0.2, 0.25) is 0 Å². The molecule has 1 saturated carbocycles. The fraction of sp³-hybridized carbons (Fsp3) is 0.667. The zero-order chi connectivity index (χ0) is 13.9. The van der Waals surface area contributed by atoms with Gasteiger partial charge in [-0.05, 0) is 36.7 Å². The number of piperazine rings is 1. The molecule has 0 radical (unpaired) electrons. The van der Waals surface area contributed by atoms with E-state index in [1.165, 1.54) is 31.5 Å². The number of hydrogen-bond donors (Lipinski definition) is 1. The van der Waals surface area contributed by atoms with Gasteiger partial charge in [0.1, 0.15) is 0 Å². The molecule has 1 aromatic rings. The van der Waals surface area contributed by atoms with E-state index in [4.69, 9.17) is 0 Å². The van der Waals surface area contributed by atoms with Crippen LogP contribution in [-0.2, 0) is 6.42 Å². The number of rotatable bonds is 5. The molecular formula is C18H28N2. The van der Waals surface area contributed by atoms with Gasteiger partial charge < -0.3 is 5.32 Å². The lowest BCUT2D eigenvalue weighted by Crippen LogP contribution is -2.57. The van der Waals surface area contributed by atoms with E-state index >= 15 is 0 Å². The highest BCUT2D eigenvalue weighted by Gasteiger charge is 2.37. The van der Waals surface area contributed by atoms with Crippen LogP contribution in [-0.4, -0.2) is 36.6 Å². The summed E-state index contributed by atoms with van der Waals surface area (Å²) in [4.78, 5) is 2.76. The van der Waals surface area contributed by atoms with Crippen molar-refractivity contribution in [3.8, 4) is 0 Å². The van der Waals surface area contributed by atoms with Gasteiger partial charge in [0.05, 0.1) is 0 Å². The van der Waals surface area contributed by atoms with Crippen LogP contribution < -0.4 is 5.32 Å². The molecule has 3 rings (SSSR count). The number of benzene rings is 1. The van der Waals surface area contributed by atoms with Crippen LogP contribution in [0, 0.1) is 11.8 Å². The standard InChI is InChI=1S/C18H28N2/c1-3-18-11-19-17(10-15-7-5-4-6-8-15)13-20(18)12-16-9-14(16)2/h4-8,14,16-19H,3,9-13H2,1-2H3. The summed E-state index contributed by atoms with van der Waals surface area (Å²) in [6, 6.07) is 12.3. The fourth-order valence-corrected chi connectivity index (χ4v) is 3.54. The van der Waals surface area contributed by atoms with Crippen molar-refractivity contribution in [1.29, 1.82) is 0 Å². The third-order valence-corrected chi connectivity index (χ3v) is 5.15. The van der Waals surface area contributed by atoms with Crippen LogP contribution >= 0.6 is 0 Å². The largest absolute Gasteiger partial charge is 0.311 e. The van der Waals surface area contributed by atoms with Gasteiger partial charge in [0.15, 0.2) is 0 Å². The Labute approximate surface area is 123 Å². The predicted octanol–water partition coefficient (Wildman–Crippen LogP) is 2.94. The van der Waals surface area contributed by atoms with Gasteiger partial charge in [-0.15, -0.1) is 0 Å². The van der Waals surface area contributed by atoms with Crippen LogP contribution in [0.15, 0.2) is 30.3 Å². The summed E-state index contributed by atoms with van der Waals surface area (Å²) >= 11 is 0. The van der Waals surface area contributed by atoms with E-state index in [0.29, 0.717) is 6.04 Å². The highest BCUT2D eigenvalue weighted by atomic mass is 15.2. The molecule has 0 amide bonds. The minimum atomic E-state index is 0.620. The molecular weight excluding hydrogens is 244 g/mol. The molecule has 4 atom stereocenters. The highest BCUT2D eigenvalue weighted by Crippen LogP contribution is 2.38. The summed E-state index contributed by atoms with van der Waals surface area (Å²) in [5.74, 6) is 1.94. The van der Waals surface area contributed by atoms with Crippen molar-refractivity contribution in [2.45, 2.75) is 45.2 Å². The average molecular weight is 272 g/mol. The van der Waals surface area contributed by atoms with E-state index in [1.807, 2.05) is 0 Å². The maximum Gasteiger partial charge on any atom is 0.0236 e. The van der Waals surface area contributed by atoms with E-state index in [-0.39, 0.29) is 0 Å². The molecule has 1 aliphatic heterocycles. The minimum absolute atomic E-state index is 0.620. The quantitative estimate of drug-likeness (QED) is 0.886. The maximum absolute atomic E-state index is 3.76. The first-order valence-corrected chi connectivity index (χ1v) is 8.27. The van der Waals surface area contributed by atoms with Gasteiger partial charge >= 0.3 is 0 Å². The Balaban J connectivity index is 1.57. The molecule has 0 spiro atoms. The van der Waals surface area contributed by atoms with Crippen molar-refractivity contribution in [2.24, 2.45) is 11.8 Å². The van der Waals surface area contributed by atoms with Gasteiger partial charge in [-0.3, -0.25) is 4.90 Å². The summed E-state index contributed by atoms with van der Waals surface area (Å²) in [5, 5.41) is 3.76. The van der Waals surface area contributed by atoms with Gasteiger partial charge in [0, 0.05) is 31.7 Å². The molecule has 2 heteroatoms. The summed E-state index contributed by atoms with van der Waals surface area (Å²) in [6.07, 6.45) is 3.88.